The van der Waals surface area contributed by atoms with E-state index in [1.54, 1.807) is 6.07 Å². The summed E-state index contributed by atoms with van der Waals surface area (Å²) in [5.41, 5.74) is 1.35. The molecule has 1 aliphatic rings. The predicted octanol–water partition coefficient (Wildman–Crippen LogP) is 2.97. The Balaban J connectivity index is 2.32. The van der Waals surface area contributed by atoms with Crippen LogP contribution in [0.3, 0.4) is 0 Å². The summed E-state index contributed by atoms with van der Waals surface area (Å²) in [7, 11) is 0. The minimum atomic E-state index is -0.358. The van der Waals surface area contributed by atoms with Crippen LogP contribution in [0.2, 0.25) is 0 Å². The van der Waals surface area contributed by atoms with Gasteiger partial charge in [-0.25, -0.2) is 4.39 Å². The fourth-order valence-corrected chi connectivity index (χ4v) is 1.76. The Morgan fingerprint density at radius 1 is 1.40 bits per heavy atom. The second-order valence-electron chi connectivity index (χ2n) is 5.05. The van der Waals surface area contributed by atoms with E-state index in [1.807, 2.05) is 26.0 Å². The fraction of sp³-hybridized carbons (Fsp3) is 0.538. The zero-order chi connectivity index (χ0) is 11.1. The van der Waals surface area contributed by atoms with E-state index in [1.165, 1.54) is 0 Å². The summed E-state index contributed by atoms with van der Waals surface area (Å²) in [5, 5.41) is 9.21. The van der Waals surface area contributed by atoms with Crippen molar-refractivity contribution in [3.63, 3.8) is 0 Å². The third-order valence-electron chi connectivity index (χ3n) is 3.19. The van der Waals surface area contributed by atoms with Gasteiger partial charge in [0.2, 0.25) is 0 Å². The van der Waals surface area contributed by atoms with Crippen LogP contribution >= 0.6 is 0 Å². The Bertz CT molecular complexity index is 367. The Labute approximate surface area is 89.9 Å². The highest BCUT2D eigenvalue weighted by Crippen LogP contribution is 2.41. The van der Waals surface area contributed by atoms with E-state index >= 15 is 0 Å². The van der Waals surface area contributed by atoms with Gasteiger partial charge in [0.15, 0.2) is 0 Å². The number of hydrogen-bond acceptors (Lipinski definition) is 1. The van der Waals surface area contributed by atoms with Crippen molar-refractivity contribution in [1.82, 2.24) is 0 Å². The average molecular weight is 208 g/mol. The summed E-state index contributed by atoms with van der Waals surface area (Å²) >= 11 is 0. The number of benzene rings is 1. The van der Waals surface area contributed by atoms with Crippen molar-refractivity contribution in [2.75, 3.05) is 6.61 Å². The minimum absolute atomic E-state index is 0.0369. The van der Waals surface area contributed by atoms with E-state index in [-0.39, 0.29) is 17.8 Å². The zero-order valence-corrected chi connectivity index (χ0v) is 9.26. The second kappa shape index (κ2) is 3.60. The van der Waals surface area contributed by atoms with Crippen molar-refractivity contribution in [2.24, 2.45) is 0 Å². The second-order valence-corrected chi connectivity index (χ2v) is 5.05. The van der Waals surface area contributed by atoms with Crippen molar-refractivity contribution >= 4 is 0 Å². The molecule has 1 fully saturated rings. The van der Waals surface area contributed by atoms with Gasteiger partial charge in [-0.1, -0.05) is 26.0 Å². The van der Waals surface area contributed by atoms with Crippen LogP contribution in [0.1, 0.15) is 43.7 Å². The highest BCUT2D eigenvalue weighted by atomic mass is 19.1. The molecule has 0 amide bonds. The molecule has 0 aromatic heterocycles. The third-order valence-corrected chi connectivity index (χ3v) is 3.19. The Hall–Kier alpha value is -0.890. The van der Waals surface area contributed by atoms with Gasteiger partial charge in [-0.15, -0.1) is 0 Å². The van der Waals surface area contributed by atoms with Crippen molar-refractivity contribution in [1.29, 1.82) is 0 Å². The highest BCUT2D eigenvalue weighted by molar-refractivity contribution is 5.33. The first kappa shape index (κ1) is 10.6. The Kier molecular flexibility index (Phi) is 2.55. The first-order chi connectivity index (χ1) is 7.04. The standard InChI is InChI=1S/C13H17FO/c1-13(2,8-15)10-5-6-11(9-3-4-9)12(14)7-10/h5-7,9,15H,3-4,8H2,1-2H3. The van der Waals surface area contributed by atoms with E-state index in [9.17, 15) is 9.50 Å². The van der Waals surface area contributed by atoms with Gasteiger partial charge in [-0.05, 0) is 36.0 Å². The van der Waals surface area contributed by atoms with Crippen LogP contribution in [0.25, 0.3) is 0 Å². The first-order valence-corrected chi connectivity index (χ1v) is 5.45. The third kappa shape index (κ3) is 2.05. The maximum Gasteiger partial charge on any atom is 0.126 e. The number of halogens is 1. The predicted molar refractivity (Wildman–Crippen MR) is 58.5 cm³/mol. The quantitative estimate of drug-likeness (QED) is 0.809. The lowest BCUT2D eigenvalue weighted by Crippen LogP contribution is -2.22. The highest BCUT2D eigenvalue weighted by Gasteiger charge is 2.28. The molecule has 1 aromatic rings. The molecule has 0 heterocycles. The van der Waals surface area contributed by atoms with Crippen molar-refractivity contribution < 1.29 is 9.50 Å². The lowest BCUT2D eigenvalue weighted by Gasteiger charge is -2.22. The normalized spacial score (nSPS) is 16.8. The SMILES string of the molecule is CC(C)(CO)c1ccc(C2CC2)c(F)c1. The molecule has 0 atom stereocenters. The molecule has 2 rings (SSSR count). The van der Waals surface area contributed by atoms with Gasteiger partial charge < -0.3 is 5.11 Å². The Morgan fingerprint density at radius 3 is 2.53 bits per heavy atom. The fourth-order valence-electron chi connectivity index (χ4n) is 1.76. The minimum Gasteiger partial charge on any atom is -0.395 e. The van der Waals surface area contributed by atoms with E-state index in [0.29, 0.717) is 5.92 Å². The van der Waals surface area contributed by atoms with Crippen LogP contribution < -0.4 is 0 Å². The number of aliphatic hydroxyl groups excluding tert-OH is 1. The van der Waals surface area contributed by atoms with Gasteiger partial charge in [0.1, 0.15) is 5.82 Å². The molecule has 1 nitrogen and oxygen atoms in total. The molecule has 82 valence electrons. The molecule has 1 N–H and O–H groups in total. The molecule has 0 bridgehead atoms. The smallest absolute Gasteiger partial charge is 0.126 e. The van der Waals surface area contributed by atoms with Gasteiger partial charge >= 0.3 is 0 Å². The lowest BCUT2D eigenvalue weighted by molar-refractivity contribution is 0.218. The van der Waals surface area contributed by atoms with Crippen molar-refractivity contribution in [3.8, 4) is 0 Å². The van der Waals surface area contributed by atoms with Gasteiger partial charge in [-0.3, -0.25) is 0 Å². The van der Waals surface area contributed by atoms with Gasteiger partial charge in [0.05, 0.1) is 6.61 Å². The topological polar surface area (TPSA) is 20.2 Å². The van der Waals surface area contributed by atoms with E-state index in [2.05, 4.69) is 0 Å². The molecular weight excluding hydrogens is 191 g/mol. The lowest BCUT2D eigenvalue weighted by atomic mass is 9.85. The van der Waals surface area contributed by atoms with E-state index < -0.39 is 0 Å². The van der Waals surface area contributed by atoms with Crippen LogP contribution in [0.15, 0.2) is 18.2 Å². The molecule has 1 saturated carbocycles. The molecular formula is C13H17FO. The van der Waals surface area contributed by atoms with Crippen LogP contribution in [0, 0.1) is 5.82 Å². The van der Waals surface area contributed by atoms with Crippen molar-refractivity contribution in [3.05, 3.63) is 35.1 Å². The maximum absolute atomic E-state index is 13.7. The monoisotopic (exact) mass is 208 g/mol. The maximum atomic E-state index is 13.7. The summed E-state index contributed by atoms with van der Waals surface area (Å²) < 4.78 is 13.7. The van der Waals surface area contributed by atoms with E-state index in [4.69, 9.17) is 0 Å². The Morgan fingerprint density at radius 2 is 2.07 bits per heavy atom. The number of aliphatic hydroxyl groups is 1. The van der Waals surface area contributed by atoms with Crippen molar-refractivity contribution in [2.45, 2.75) is 38.0 Å². The molecule has 15 heavy (non-hydrogen) atoms. The largest absolute Gasteiger partial charge is 0.395 e. The van der Waals surface area contributed by atoms with Crippen LogP contribution in [-0.4, -0.2) is 11.7 Å². The summed E-state index contributed by atoms with van der Waals surface area (Å²) in [5.74, 6) is 0.327. The zero-order valence-electron chi connectivity index (χ0n) is 9.26. The number of hydrogen-bond donors (Lipinski definition) is 1. The molecule has 1 aliphatic carbocycles. The van der Waals surface area contributed by atoms with Gasteiger partial charge in [-0.2, -0.15) is 0 Å². The van der Waals surface area contributed by atoms with Crippen LogP contribution in [0.5, 0.6) is 0 Å². The summed E-state index contributed by atoms with van der Waals surface area (Å²) in [6.07, 6.45) is 2.22. The molecule has 0 saturated heterocycles. The van der Waals surface area contributed by atoms with Crippen LogP contribution in [-0.2, 0) is 5.41 Å². The summed E-state index contributed by atoms with van der Waals surface area (Å²) in [6, 6.07) is 5.39. The summed E-state index contributed by atoms with van der Waals surface area (Å²) in [6.45, 7) is 3.87. The van der Waals surface area contributed by atoms with E-state index in [0.717, 1.165) is 24.0 Å². The molecule has 1 aromatic carbocycles. The molecule has 0 spiro atoms. The van der Waals surface area contributed by atoms with Gasteiger partial charge in [0.25, 0.3) is 0 Å². The van der Waals surface area contributed by atoms with Crippen LogP contribution in [0.4, 0.5) is 4.39 Å². The molecule has 0 aliphatic heterocycles. The summed E-state index contributed by atoms with van der Waals surface area (Å²) in [4.78, 5) is 0. The number of rotatable bonds is 3. The molecule has 2 heteroatoms. The average Bonchev–Trinajstić information content (AvgIpc) is 3.01. The first-order valence-electron chi connectivity index (χ1n) is 5.45. The molecule has 0 unspecified atom stereocenters. The molecule has 0 radical (unpaired) electrons. The van der Waals surface area contributed by atoms with Gasteiger partial charge in [0, 0.05) is 5.41 Å².